The summed E-state index contributed by atoms with van der Waals surface area (Å²) in [7, 11) is 2.26. The summed E-state index contributed by atoms with van der Waals surface area (Å²) in [5, 5.41) is 11.4. The first kappa shape index (κ1) is 18.5. The number of aromatic nitrogens is 1. The number of fused-ring (bicyclic) bond motifs is 1. The van der Waals surface area contributed by atoms with Crippen molar-refractivity contribution in [1.29, 1.82) is 5.26 Å². The van der Waals surface area contributed by atoms with Gasteiger partial charge in [0.1, 0.15) is 36.8 Å². The molecule has 25 heavy (non-hydrogen) atoms. The molecule has 0 aliphatic carbocycles. The predicted molar refractivity (Wildman–Crippen MR) is 100 cm³/mol. The quantitative estimate of drug-likeness (QED) is 0.817. The molecule has 0 aromatic carbocycles. The number of quaternary nitrogens is 1. The molecule has 2 N–H and O–H groups in total. The number of morpholine rings is 1. The molecule has 1 saturated heterocycles. The van der Waals surface area contributed by atoms with Crippen LogP contribution in [-0.4, -0.2) is 44.1 Å². The fraction of sp³-hybridized carbons (Fsp3) is 0.684. The van der Waals surface area contributed by atoms with Gasteiger partial charge in [-0.05, 0) is 19.4 Å². The van der Waals surface area contributed by atoms with Gasteiger partial charge < -0.3 is 9.64 Å². The Bertz CT molecular complexity index is 690. The lowest BCUT2D eigenvalue weighted by molar-refractivity contribution is -0.945. The van der Waals surface area contributed by atoms with E-state index < -0.39 is 0 Å². The maximum Gasteiger partial charge on any atom is 0.284 e. The van der Waals surface area contributed by atoms with Crippen LogP contribution in [0.15, 0.2) is 5.03 Å². The summed E-state index contributed by atoms with van der Waals surface area (Å²) in [6.45, 7) is 13.2. The summed E-state index contributed by atoms with van der Waals surface area (Å²) in [4.78, 5) is 7.54. The number of pyridine rings is 1. The van der Waals surface area contributed by atoms with Gasteiger partial charge in [-0.3, -0.25) is 4.90 Å². The molecule has 3 heterocycles. The lowest BCUT2D eigenvalue weighted by atomic mass is 9.84. The number of H-pyrrole nitrogens is 1. The Morgan fingerprint density at radius 3 is 2.56 bits per heavy atom. The zero-order valence-electron chi connectivity index (χ0n) is 16.0. The van der Waals surface area contributed by atoms with Crippen LogP contribution < -0.4 is 14.8 Å². The van der Waals surface area contributed by atoms with E-state index in [9.17, 15) is 5.26 Å². The standard InChI is InChI=1S/C19H28N4OS/c1-13(2)25-18-15(11-20)14-10-19(3,4)22(5)12-16(14)17(21-18)23-6-8-24-9-7-23/h13H,6-10,12H2,1-5H3/p+2. The summed E-state index contributed by atoms with van der Waals surface area (Å²) in [6, 6.07) is 2.51. The fourth-order valence-electron chi connectivity index (χ4n) is 3.66. The van der Waals surface area contributed by atoms with E-state index in [1.54, 1.807) is 11.8 Å². The van der Waals surface area contributed by atoms with Crippen LogP contribution in [0.2, 0.25) is 0 Å². The first-order valence-corrected chi connectivity index (χ1v) is 10.0. The molecule has 5 nitrogen and oxygen atoms in total. The van der Waals surface area contributed by atoms with E-state index in [4.69, 9.17) is 4.74 Å². The van der Waals surface area contributed by atoms with Crippen LogP contribution in [0.1, 0.15) is 44.4 Å². The number of nitriles is 1. The first-order chi connectivity index (χ1) is 11.8. The summed E-state index contributed by atoms with van der Waals surface area (Å²) in [5.74, 6) is 1.20. The van der Waals surface area contributed by atoms with E-state index in [2.05, 4.69) is 50.7 Å². The molecule has 1 fully saturated rings. The Kier molecular flexibility index (Phi) is 5.29. The lowest BCUT2D eigenvalue weighted by Gasteiger charge is -2.38. The third-order valence-electron chi connectivity index (χ3n) is 5.42. The number of anilines is 1. The minimum absolute atomic E-state index is 0.141. The molecule has 136 valence electrons. The molecule has 1 aromatic rings. The number of nitrogens with one attached hydrogen (secondary N) is 2. The van der Waals surface area contributed by atoms with Gasteiger partial charge in [-0.1, -0.05) is 25.6 Å². The van der Waals surface area contributed by atoms with Gasteiger partial charge in [-0.25, -0.2) is 4.98 Å². The first-order valence-electron chi connectivity index (χ1n) is 9.17. The maximum absolute atomic E-state index is 9.90. The Morgan fingerprint density at radius 2 is 1.96 bits per heavy atom. The van der Waals surface area contributed by atoms with Crippen molar-refractivity contribution in [2.24, 2.45) is 0 Å². The number of rotatable bonds is 3. The van der Waals surface area contributed by atoms with Crippen LogP contribution in [0, 0.1) is 11.3 Å². The van der Waals surface area contributed by atoms with Gasteiger partial charge in [0.2, 0.25) is 0 Å². The largest absolute Gasteiger partial charge is 0.373 e. The van der Waals surface area contributed by atoms with Crippen LogP contribution in [0.4, 0.5) is 5.82 Å². The third kappa shape index (κ3) is 3.64. The van der Waals surface area contributed by atoms with E-state index >= 15 is 0 Å². The van der Waals surface area contributed by atoms with E-state index in [-0.39, 0.29) is 5.54 Å². The van der Waals surface area contributed by atoms with Gasteiger partial charge in [-0.2, -0.15) is 5.26 Å². The molecule has 2 aliphatic heterocycles. The van der Waals surface area contributed by atoms with Gasteiger partial charge in [0.05, 0.1) is 25.8 Å². The Morgan fingerprint density at radius 1 is 1.28 bits per heavy atom. The van der Waals surface area contributed by atoms with Gasteiger partial charge in [-0.15, -0.1) is 0 Å². The number of likely N-dealkylation sites (N-methyl/N-ethyl adjacent to an activating group) is 1. The average molecular weight is 363 g/mol. The smallest absolute Gasteiger partial charge is 0.284 e. The molecule has 1 atom stereocenters. The van der Waals surface area contributed by atoms with E-state index in [0.29, 0.717) is 5.25 Å². The monoisotopic (exact) mass is 362 g/mol. The van der Waals surface area contributed by atoms with Gasteiger partial charge in [0, 0.05) is 11.7 Å². The molecule has 1 unspecified atom stereocenters. The van der Waals surface area contributed by atoms with Crippen LogP contribution in [0.3, 0.4) is 0 Å². The van der Waals surface area contributed by atoms with Gasteiger partial charge >= 0.3 is 0 Å². The topological polar surface area (TPSA) is 54.8 Å². The molecule has 0 bridgehead atoms. The van der Waals surface area contributed by atoms with Crippen LogP contribution in [0.25, 0.3) is 0 Å². The molecule has 0 spiro atoms. The minimum atomic E-state index is 0.141. The van der Waals surface area contributed by atoms with Crippen molar-refractivity contribution in [3.05, 3.63) is 16.7 Å². The van der Waals surface area contributed by atoms with Crippen molar-refractivity contribution in [3.8, 4) is 6.07 Å². The number of ether oxygens (including phenoxy) is 1. The number of nitrogens with zero attached hydrogens (tertiary/aromatic N) is 2. The zero-order valence-corrected chi connectivity index (χ0v) is 16.8. The SMILES string of the molecule is CC(C)Sc1[nH+]c(N2CCOCC2)c2c(c1C#N)CC(C)(C)[NH+](C)C2. The number of aromatic amines is 1. The van der Waals surface area contributed by atoms with Crippen LogP contribution in [0.5, 0.6) is 0 Å². The Labute approximate surface area is 155 Å². The highest BCUT2D eigenvalue weighted by Crippen LogP contribution is 2.33. The second-order valence-corrected chi connectivity index (χ2v) is 9.62. The third-order valence-corrected chi connectivity index (χ3v) is 6.43. The average Bonchev–Trinajstić information content (AvgIpc) is 2.56. The molecule has 3 rings (SSSR count). The minimum Gasteiger partial charge on any atom is -0.373 e. The van der Waals surface area contributed by atoms with Gasteiger partial charge in [0.15, 0.2) is 5.03 Å². The van der Waals surface area contributed by atoms with E-state index in [0.717, 1.165) is 49.9 Å². The molecule has 0 amide bonds. The highest BCUT2D eigenvalue weighted by molar-refractivity contribution is 7.99. The van der Waals surface area contributed by atoms with E-state index in [1.807, 2.05) is 0 Å². The highest BCUT2D eigenvalue weighted by Gasteiger charge is 2.41. The van der Waals surface area contributed by atoms with Crippen molar-refractivity contribution in [2.45, 2.75) is 56.5 Å². The molecular formula is C19H30N4OS+2. The molecule has 1 aromatic heterocycles. The summed E-state index contributed by atoms with van der Waals surface area (Å²) < 4.78 is 5.54. The normalized spacial score (nSPS) is 22.6. The molecule has 2 aliphatic rings. The second kappa shape index (κ2) is 7.14. The number of hydrogen-bond donors (Lipinski definition) is 1. The van der Waals surface area contributed by atoms with Crippen LogP contribution in [-0.2, 0) is 17.7 Å². The molecular weight excluding hydrogens is 332 g/mol. The van der Waals surface area contributed by atoms with Crippen molar-refractivity contribution in [2.75, 3.05) is 38.3 Å². The highest BCUT2D eigenvalue weighted by atomic mass is 32.2. The van der Waals surface area contributed by atoms with Crippen molar-refractivity contribution < 1.29 is 14.6 Å². The zero-order chi connectivity index (χ0) is 18.2. The second-order valence-electron chi connectivity index (χ2n) is 8.03. The fourth-order valence-corrected chi connectivity index (χ4v) is 4.57. The molecule has 6 heteroatoms. The molecule has 0 saturated carbocycles. The summed E-state index contributed by atoms with van der Waals surface area (Å²) in [5.41, 5.74) is 3.57. The Balaban J connectivity index is 2.16. The predicted octanol–water partition coefficient (Wildman–Crippen LogP) is 1.06. The Hall–Kier alpha value is -1.29. The number of thioether (sulfide) groups is 1. The van der Waals surface area contributed by atoms with E-state index in [1.165, 1.54) is 21.8 Å². The lowest BCUT2D eigenvalue weighted by Crippen LogP contribution is -3.16. The molecule has 0 radical (unpaired) electrons. The maximum atomic E-state index is 9.90. The van der Waals surface area contributed by atoms with Gasteiger partial charge in [0.25, 0.3) is 5.82 Å². The summed E-state index contributed by atoms with van der Waals surface area (Å²) in [6.07, 6.45) is 0.939. The van der Waals surface area contributed by atoms with Crippen molar-refractivity contribution >= 4 is 17.6 Å². The van der Waals surface area contributed by atoms with Crippen molar-refractivity contribution in [3.63, 3.8) is 0 Å². The van der Waals surface area contributed by atoms with Crippen molar-refractivity contribution in [1.82, 2.24) is 0 Å². The summed E-state index contributed by atoms with van der Waals surface area (Å²) >= 11 is 1.76. The number of hydrogen-bond acceptors (Lipinski definition) is 4. The van der Waals surface area contributed by atoms with Crippen LogP contribution >= 0.6 is 11.8 Å².